The predicted molar refractivity (Wildman–Crippen MR) is 72.4 cm³/mol. The Morgan fingerprint density at radius 1 is 1.56 bits per heavy atom. The van der Waals surface area contributed by atoms with Crippen LogP contribution < -0.4 is 10.6 Å². The van der Waals surface area contributed by atoms with E-state index in [9.17, 15) is 9.59 Å². The van der Waals surface area contributed by atoms with Gasteiger partial charge in [0.25, 0.3) is 5.91 Å². The number of carbonyl (C=O) groups is 2. The van der Waals surface area contributed by atoms with Crippen LogP contribution >= 0.6 is 15.9 Å². The molecule has 0 radical (unpaired) electrons. The third-order valence-electron chi connectivity index (χ3n) is 3.01. The van der Waals surface area contributed by atoms with E-state index in [1.54, 1.807) is 6.07 Å². The van der Waals surface area contributed by atoms with Crippen LogP contribution in [-0.4, -0.2) is 24.4 Å². The molecule has 5 heteroatoms. The van der Waals surface area contributed by atoms with Gasteiger partial charge in [-0.25, -0.2) is 0 Å². The number of rotatable bonds is 3. The van der Waals surface area contributed by atoms with Crippen LogP contribution in [0.4, 0.5) is 0 Å². The highest BCUT2D eigenvalue weighted by Gasteiger charge is 2.21. The summed E-state index contributed by atoms with van der Waals surface area (Å²) in [5.74, 6) is -0.0412. The van der Waals surface area contributed by atoms with Crippen molar-refractivity contribution in [3.8, 4) is 0 Å². The fourth-order valence-electron chi connectivity index (χ4n) is 1.93. The van der Waals surface area contributed by atoms with Crippen LogP contribution in [0, 0.1) is 6.92 Å². The summed E-state index contributed by atoms with van der Waals surface area (Å²) in [4.78, 5) is 22.9. The van der Waals surface area contributed by atoms with E-state index in [2.05, 4.69) is 26.6 Å². The summed E-state index contributed by atoms with van der Waals surface area (Å²) in [5.41, 5.74) is 1.66. The van der Waals surface area contributed by atoms with Crippen molar-refractivity contribution in [2.45, 2.75) is 25.8 Å². The number of aryl methyl sites for hydroxylation is 1. The number of halogens is 1. The second-order valence-electron chi connectivity index (χ2n) is 4.48. The topological polar surface area (TPSA) is 58.2 Å². The van der Waals surface area contributed by atoms with Crippen LogP contribution in [0.25, 0.3) is 0 Å². The van der Waals surface area contributed by atoms with Crippen LogP contribution in [0.5, 0.6) is 0 Å². The van der Waals surface area contributed by atoms with E-state index in [1.165, 1.54) is 0 Å². The zero-order valence-corrected chi connectivity index (χ0v) is 11.7. The van der Waals surface area contributed by atoms with E-state index >= 15 is 0 Å². The van der Waals surface area contributed by atoms with Gasteiger partial charge in [0.15, 0.2) is 0 Å². The first-order valence-electron chi connectivity index (χ1n) is 5.90. The van der Waals surface area contributed by atoms with Crippen LogP contribution in [-0.2, 0) is 4.79 Å². The summed E-state index contributed by atoms with van der Waals surface area (Å²) in [5, 5.41) is 5.66. The first-order valence-corrected chi connectivity index (χ1v) is 6.69. The van der Waals surface area contributed by atoms with Crippen molar-refractivity contribution in [1.29, 1.82) is 0 Å². The molecular formula is C13H15BrN2O2. The van der Waals surface area contributed by atoms with Crippen molar-refractivity contribution < 1.29 is 9.59 Å². The molecule has 1 aliphatic rings. The van der Waals surface area contributed by atoms with E-state index in [-0.39, 0.29) is 17.9 Å². The highest BCUT2D eigenvalue weighted by Crippen LogP contribution is 2.17. The number of hydrogen-bond donors (Lipinski definition) is 2. The Kier molecular flexibility index (Phi) is 4.01. The van der Waals surface area contributed by atoms with Gasteiger partial charge in [0.05, 0.1) is 0 Å². The summed E-state index contributed by atoms with van der Waals surface area (Å²) in [6.07, 6.45) is 1.34. The molecule has 1 saturated heterocycles. The normalized spacial score (nSPS) is 18.6. The fraction of sp³-hybridized carbons (Fsp3) is 0.385. The molecule has 4 nitrogen and oxygen atoms in total. The molecule has 1 atom stereocenters. The Morgan fingerprint density at radius 3 is 2.94 bits per heavy atom. The molecule has 2 rings (SSSR count). The van der Waals surface area contributed by atoms with Gasteiger partial charge in [0.1, 0.15) is 0 Å². The molecule has 1 aromatic carbocycles. The summed E-state index contributed by atoms with van der Waals surface area (Å²) in [6.45, 7) is 2.43. The quantitative estimate of drug-likeness (QED) is 0.894. The average Bonchev–Trinajstić information content (AvgIpc) is 2.75. The Hall–Kier alpha value is -1.36. The predicted octanol–water partition coefficient (Wildman–Crippen LogP) is 1.77. The van der Waals surface area contributed by atoms with Gasteiger partial charge in [-0.1, -0.05) is 15.9 Å². The second kappa shape index (κ2) is 5.52. The number of benzene rings is 1. The largest absolute Gasteiger partial charge is 0.352 e. The lowest BCUT2D eigenvalue weighted by Gasteiger charge is -2.11. The van der Waals surface area contributed by atoms with E-state index in [0.29, 0.717) is 18.5 Å². The maximum Gasteiger partial charge on any atom is 0.251 e. The summed E-state index contributed by atoms with van der Waals surface area (Å²) >= 11 is 3.40. The highest BCUT2D eigenvalue weighted by atomic mass is 79.9. The summed E-state index contributed by atoms with van der Waals surface area (Å²) in [6, 6.07) is 5.55. The molecule has 2 N–H and O–H groups in total. The molecule has 18 heavy (non-hydrogen) atoms. The minimum absolute atomic E-state index is 0.0636. The van der Waals surface area contributed by atoms with Crippen molar-refractivity contribution in [3.63, 3.8) is 0 Å². The third kappa shape index (κ3) is 3.10. The fourth-order valence-corrected chi connectivity index (χ4v) is 2.18. The van der Waals surface area contributed by atoms with Gasteiger partial charge in [-0.2, -0.15) is 0 Å². The third-order valence-corrected chi connectivity index (χ3v) is 3.90. The molecule has 1 aromatic rings. The minimum atomic E-state index is -0.105. The smallest absolute Gasteiger partial charge is 0.251 e. The molecule has 1 unspecified atom stereocenters. The number of carbonyl (C=O) groups excluding carboxylic acids is 2. The minimum Gasteiger partial charge on any atom is -0.352 e. The number of amides is 2. The Bertz CT molecular complexity index is 488. The Labute approximate surface area is 114 Å². The second-order valence-corrected chi connectivity index (χ2v) is 5.33. The van der Waals surface area contributed by atoms with Gasteiger partial charge in [0, 0.05) is 29.0 Å². The molecule has 1 heterocycles. The lowest BCUT2D eigenvalue weighted by Crippen LogP contribution is -2.38. The average molecular weight is 311 g/mol. The molecule has 96 valence electrons. The Balaban J connectivity index is 1.91. The van der Waals surface area contributed by atoms with Crippen LogP contribution in [0.1, 0.15) is 28.8 Å². The standard InChI is InChI=1S/C13H15BrN2O2/c1-8-6-9(2-4-11(8)14)13(18)15-7-10-3-5-12(17)16-10/h2,4,6,10H,3,5,7H2,1H3,(H,15,18)(H,16,17). The van der Waals surface area contributed by atoms with Crippen molar-refractivity contribution in [3.05, 3.63) is 33.8 Å². The lowest BCUT2D eigenvalue weighted by molar-refractivity contribution is -0.119. The molecule has 1 aliphatic heterocycles. The maximum atomic E-state index is 11.9. The molecule has 1 fully saturated rings. The van der Waals surface area contributed by atoms with Gasteiger partial charge in [-0.3, -0.25) is 9.59 Å². The van der Waals surface area contributed by atoms with Crippen molar-refractivity contribution in [2.75, 3.05) is 6.54 Å². The van der Waals surface area contributed by atoms with Crippen LogP contribution in [0.2, 0.25) is 0 Å². The Morgan fingerprint density at radius 2 is 2.33 bits per heavy atom. The summed E-state index contributed by atoms with van der Waals surface area (Å²) < 4.78 is 0.988. The van der Waals surface area contributed by atoms with Gasteiger partial charge in [-0.15, -0.1) is 0 Å². The van der Waals surface area contributed by atoms with E-state index in [0.717, 1.165) is 16.5 Å². The molecule has 0 aromatic heterocycles. The lowest BCUT2D eigenvalue weighted by atomic mass is 10.1. The van der Waals surface area contributed by atoms with E-state index in [4.69, 9.17) is 0 Å². The molecule has 0 saturated carbocycles. The van der Waals surface area contributed by atoms with Crippen molar-refractivity contribution in [1.82, 2.24) is 10.6 Å². The molecular weight excluding hydrogens is 296 g/mol. The molecule has 0 aliphatic carbocycles. The van der Waals surface area contributed by atoms with E-state index in [1.807, 2.05) is 19.1 Å². The number of nitrogens with one attached hydrogen (secondary N) is 2. The summed E-state index contributed by atoms with van der Waals surface area (Å²) in [7, 11) is 0. The molecule has 2 amide bonds. The van der Waals surface area contributed by atoms with E-state index < -0.39 is 0 Å². The molecule has 0 spiro atoms. The maximum absolute atomic E-state index is 11.9. The first-order chi connectivity index (χ1) is 8.56. The zero-order valence-electron chi connectivity index (χ0n) is 10.1. The van der Waals surface area contributed by atoms with Gasteiger partial charge < -0.3 is 10.6 Å². The number of hydrogen-bond acceptors (Lipinski definition) is 2. The van der Waals surface area contributed by atoms with Crippen molar-refractivity contribution in [2.24, 2.45) is 0 Å². The van der Waals surface area contributed by atoms with Gasteiger partial charge >= 0.3 is 0 Å². The highest BCUT2D eigenvalue weighted by molar-refractivity contribution is 9.10. The molecule has 0 bridgehead atoms. The van der Waals surface area contributed by atoms with Gasteiger partial charge in [0.2, 0.25) is 5.91 Å². The first kappa shape index (κ1) is 13.1. The zero-order chi connectivity index (χ0) is 13.1. The van der Waals surface area contributed by atoms with Crippen molar-refractivity contribution >= 4 is 27.7 Å². The SMILES string of the molecule is Cc1cc(C(=O)NCC2CCC(=O)N2)ccc1Br. The van der Waals surface area contributed by atoms with Gasteiger partial charge in [-0.05, 0) is 37.1 Å². The monoisotopic (exact) mass is 310 g/mol. The van der Waals surface area contributed by atoms with Crippen LogP contribution in [0.15, 0.2) is 22.7 Å². The van der Waals surface area contributed by atoms with Crippen LogP contribution in [0.3, 0.4) is 0 Å².